The van der Waals surface area contributed by atoms with Gasteiger partial charge in [0.25, 0.3) is 0 Å². The minimum Gasteiger partial charge on any atom is -0.356 e. The Kier molecular flexibility index (Phi) is 4.98. The van der Waals surface area contributed by atoms with Crippen LogP contribution in [-0.4, -0.2) is 12.5 Å². The molecule has 0 aliphatic carbocycles. The first-order valence-corrected chi connectivity index (χ1v) is 3.16. The zero-order valence-electron chi connectivity index (χ0n) is 5.28. The number of hydrogen-bond donors (Lipinski definition) is 1. The predicted molar refractivity (Wildman–Crippen MR) is 31.5 cm³/mol. The van der Waals surface area contributed by atoms with Crippen molar-refractivity contribution >= 4 is 5.91 Å². The summed E-state index contributed by atoms with van der Waals surface area (Å²) in [6.07, 6.45) is 4.18. The molecule has 0 aromatic heterocycles. The first kappa shape index (κ1) is 9.09. The summed E-state index contributed by atoms with van der Waals surface area (Å²) in [6.45, 7) is 0.888. The third-order valence-electron chi connectivity index (χ3n) is 1.40. The van der Waals surface area contributed by atoms with Crippen LogP contribution in [0.1, 0.15) is 25.7 Å². The summed E-state index contributed by atoms with van der Waals surface area (Å²) in [4.78, 5) is 10.6. The van der Waals surface area contributed by atoms with Gasteiger partial charge in [0.2, 0.25) is 5.91 Å². The fourth-order valence-corrected chi connectivity index (χ4v) is 0.904. The SMILES string of the molecule is O=C1CCCCCN1.[Rh]. The Morgan fingerprint density at radius 1 is 1.22 bits per heavy atom. The molecule has 1 rings (SSSR count). The quantitative estimate of drug-likeness (QED) is 0.592. The number of nitrogens with one attached hydrogen (secondary N) is 1. The summed E-state index contributed by atoms with van der Waals surface area (Å²) in [7, 11) is 0. The Bertz CT molecular complexity index is 85.1. The molecular formula is C6H11NORh. The Labute approximate surface area is 68.2 Å². The Hall–Kier alpha value is 0.0934. The molecule has 0 aromatic rings. The molecule has 0 atom stereocenters. The summed E-state index contributed by atoms with van der Waals surface area (Å²) in [6, 6.07) is 0. The number of carbonyl (C=O) groups excluding carboxylic acids is 1. The average molecular weight is 216 g/mol. The monoisotopic (exact) mass is 216 g/mol. The van der Waals surface area contributed by atoms with Crippen LogP contribution in [0, 0.1) is 0 Å². The van der Waals surface area contributed by atoms with Gasteiger partial charge in [-0.1, -0.05) is 6.42 Å². The largest absolute Gasteiger partial charge is 0.356 e. The average Bonchev–Trinajstić information content (AvgIpc) is 1.94. The fourth-order valence-electron chi connectivity index (χ4n) is 0.904. The van der Waals surface area contributed by atoms with Crippen LogP contribution in [0.4, 0.5) is 0 Å². The van der Waals surface area contributed by atoms with E-state index < -0.39 is 0 Å². The summed E-state index contributed by atoms with van der Waals surface area (Å²) in [5.41, 5.74) is 0. The number of amides is 1. The zero-order chi connectivity index (χ0) is 5.82. The maximum absolute atomic E-state index is 10.6. The molecule has 1 fully saturated rings. The fraction of sp³-hybridized carbons (Fsp3) is 0.833. The van der Waals surface area contributed by atoms with Gasteiger partial charge in [-0.2, -0.15) is 0 Å². The van der Waals surface area contributed by atoms with Gasteiger partial charge in [-0.15, -0.1) is 0 Å². The summed E-state index contributed by atoms with van der Waals surface area (Å²) in [5.74, 6) is 0.225. The molecule has 1 saturated heterocycles. The van der Waals surface area contributed by atoms with Gasteiger partial charge < -0.3 is 5.32 Å². The molecule has 2 nitrogen and oxygen atoms in total. The van der Waals surface area contributed by atoms with Crippen LogP contribution in [0.5, 0.6) is 0 Å². The van der Waals surface area contributed by atoms with Gasteiger partial charge in [-0.3, -0.25) is 4.79 Å². The second-order valence-corrected chi connectivity index (χ2v) is 2.16. The molecule has 1 N–H and O–H groups in total. The van der Waals surface area contributed by atoms with Crippen LogP contribution < -0.4 is 5.32 Å². The van der Waals surface area contributed by atoms with E-state index in [1.165, 1.54) is 6.42 Å². The van der Waals surface area contributed by atoms with E-state index in [4.69, 9.17) is 0 Å². The second kappa shape index (κ2) is 4.92. The molecule has 0 saturated carbocycles. The van der Waals surface area contributed by atoms with Crippen LogP contribution in [0.25, 0.3) is 0 Å². The first-order chi connectivity index (χ1) is 3.89. The van der Waals surface area contributed by atoms with Crippen LogP contribution in [0.3, 0.4) is 0 Å². The molecule has 1 aliphatic heterocycles. The molecule has 55 valence electrons. The molecule has 1 radical (unpaired) electrons. The van der Waals surface area contributed by atoms with Gasteiger partial charge in [0.1, 0.15) is 0 Å². The van der Waals surface area contributed by atoms with Gasteiger partial charge in [0.05, 0.1) is 0 Å². The molecule has 0 spiro atoms. The van der Waals surface area contributed by atoms with E-state index in [9.17, 15) is 4.79 Å². The summed E-state index contributed by atoms with van der Waals surface area (Å²) >= 11 is 0. The standard InChI is InChI=1S/C6H11NO.Rh/c8-6-4-2-1-3-5-7-6;/h1-5H2,(H,7,8);. The van der Waals surface area contributed by atoms with Crippen molar-refractivity contribution in [2.45, 2.75) is 25.7 Å². The van der Waals surface area contributed by atoms with E-state index in [2.05, 4.69) is 5.32 Å². The normalized spacial score (nSPS) is 19.3. The second-order valence-electron chi connectivity index (χ2n) is 2.16. The Morgan fingerprint density at radius 3 is 2.78 bits per heavy atom. The van der Waals surface area contributed by atoms with Gasteiger partial charge in [-0.25, -0.2) is 0 Å². The summed E-state index contributed by atoms with van der Waals surface area (Å²) in [5, 5.41) is 2.81. The van der Waals surface area contributed by atoms with Crippen molar-refractivity contribution in [2.75, 3.05) is 6.54 Å². The van der Waals surface area contributed by atoms with Crippen LogP contribution in [0.15, 0.2) is 0 Å². The number of carbonyl (C=O) groups is 1. The third-order valence-corrected chi connectivity index (χ3v) is 1.40. The van der Waals surface area contributed by atoms with Crippen LogP contribution >= 0.6 is 0 Å². The molecule has 0 bridgehead atoms. The van der Waals surface area contributed by atoms with E-state index in [1.807, 2.05) is 0 Å². The predicted octanol–water partition coefficient (Wildman–Crippen LogP) is 0.674. The maximum atomic E-state index is 10.6. The number of hydrogen-bond acceptors (Lipinski definition) is 1. The van der Waals surface area contributed by atoms with Crippen molar-refractivity contribution in [3.05, 3.63) is 0 Å². The van der Waals surface area contributed by atoms with Crippen molar-refractivity contribution in [1.29, 1.82) is 0 Å². The molecule has 0 aromatic carbocycles. The molecule has 1 aliphatic rings. The number of rotatable bonds is 0. The van der Waals surface area contributed by atoms with E-state index in [1.54, 1.807) is 0 Å². The first-order valence-electron chi connectivity index (χ1n) is 3.16. The smallest absolute Gasteiger partial charge is 0.219 e. The van der Waals surface area contributed by atoms with Gasteiger partial charge in [0, 0.05) is 32.4 Å². The minimum atomic E-state index is 0. The van der Waals surface area contributed by atoms with Crippen molar-refractivity contribution in [1.82, 2.24) is 5.32 Å². The van der Waals surface area contributed by atoms with Crippen molar-refractivity contribution in [2.24, 2.45) is 0 Å². The molecule has 1 heterocycles. The third kappa shape index (κ3) is 3.63. The minimum absolute atomic E-state index is 0. The Morgan fingerprint density at radius 2 is 2.00 bits per heavy atom. The molecular weight excluding hydrogens is 205 g/mol. The molecule has 1 amide bonds. The van der Waals surface area contributed by atoms with Crippen LogP contribution in [0.2, 0.25) is 0 Å². The van der Waals surface area contributed by atoms with E-state index >= 15 is 0 Å². The Balaban J connectivity index is 0.000000640. The van der Waals surface area contributed by atoms with E-state index in [-0.39, 0.29) is 25.4 Å². The van der Waals surface area contributed by atoms with Crippen molar-refractivity contribution in [3.63, 3.8) is 0 Å². The van der Waals surface area contributed by atoms with Gasteiger partial charge >= 0.3 is 0 Å². The van der Waals surface area contributed by atoms with E-state index in [0.717, 1.165) is 25.8 Å². The van der Waals surface area contributed by atoms with Gasteiger partial charge in [0.15, 0.2) is 0 Å². The molecule has 3 heteroatoms. The topological polar surface area (TPSA) is 29.1 Å². The molecule has 0 unspecified atom stereocenters. The van der Waals surface area contributed by atoms with Crippen molar-refractivity contribution < 1.29 is 24.3 Å². The van der Waals surface area contributed by atoms with Crippen molar-refractivity contribution in [3.8, 4) is 0 Å². The summed E-state index contributed by atoms with van der Waals surface area (Å²) < 4.78 is 0. The van der Waals surface area contributed by atoms with Gasteiger partial charge in [-0.05, 0) is 12.8 Å². The zero-order valence-corrected chi connectivity index (χ0v) is 6.92. The maximum Gasteiger partial charge on any atom is 0.219 e. The van der Waals surface area contributed by atoms with E-state index in [0.29, 0.717) is 0 Å². The van der Waals surface area contributed by atoms with Crippen LogP contribution in [-0.2, 0) is 24.3 Å². The molecule has 9 heavy (non-hydrogen) atoms.